The lowest BCUT2D eigenvalue weighted by Crippen LogP contribution is -2.43. The minimum Gasteiger partial charge on any atom is -0.372 e. The van der Waals surface area contributed by atoms with Crippen molar-refractivity contribution in [3.63, 3.8) is 0 Å². The zero-order valence-electron chi connectivity index (χ0n) is 10.0. The molecule has 1 aromatic carbocycles. The van der Waals surface area contributed by atoms with E-state index in [0.717, 1.165) is 13.1 Å². The molecule has 0 saturated carbocycles. The molecule has 3 heteroatoms. The predicted octanol–water partition coefficient (Wildman–Crippen LogP) is 2.51. The Morgan fingerprint density at radius 1 is 1.06 bits per heavy atom. The first-order valence-electron chi connectivity index (χ1n) is 6.32. The molecule has 2 nitrogen and oxygen atoms in total. The largest absolute Gasteiger partial charge is 0.372 e. The number of hydrogen-bond acceptors (Lipinski definition) is 2. The van der Waals surface area contributed by atoms with Gasteiger partial charge in [-0.2, -0.15) is 0 Å². The topological polar surface area (TPSA) is 12.5 Å². The molecule has 0 spiro atoms. The Bertz CT molecular complexity index is 331. The summed E-state index contributed by atoms with van der Waals surface area (Å²) in [6, 6.07) is 10.8. The maximum Gasteiger partial charge on any atom is 0.0707 e. The van der Waals surface area contributed by atoms with Crippen molar-refractivity contribution >= 4 is 12.4 Å². The van der Waals surface area contributed by atoms with Crippen LogP contribution in [0.3, 0.4) is 0 Å². The number of nitrogens with zero attached hydrogens (tertiary/aromatic N) is 1. The van der Waals surface area contributed by atoms with E-state index in [1.165, 1.54) is 31.4 Å². The van der Waals surface area contributed by atoms with Crippen LogP contribution in [0.25, 0.3) is 0 Å². The van der Waals surface area contributed by atoms with Gasteiger partial charge < -0.3 is 4.74 Å². The smallest absolute Gasteiger partial charge is 0.0707 e. The van der Waals surface area contributed by atoms with E-state index < -0.39 is 0 Å². The van der Waals surface area contributed by atoms with Gasteiger partial charge in [0.1, 0.15) is 0 Å². The summed E-state index contributed by atoms with van der Waals surface area (Å²) in [4.78, 5) is 2.57. The molecule has 2 atom stereocenters. The molecule has 1 aromatic rings. The fourth-order valence-corrected chi connectivity index (χ4v) is 2.81. The standard InChI is InChI=1S/C14H19NO.ClH/c1-2-4-12(5-3-1)8-9-15-10-13-6-7-14(11-15)16-13;/h1-5,13-14H,6-11H2;1H. The first kappa shape index (κ1) is 12.9. The number of fused-ring (bicyclic) bond motifs is 2. The summed E-state index contributed by atoms with van der Waals surface area (Å²) in [6.45, 7) is 3.47. The van der Waals surface area contributed by atoms with Crippen LogP contribution < -0.4 is 0 Å². The molecule has 2 unspecified atom stereocenters. The van der Waals surface area contributed by atoms with Gasteiger partial charge in [0.15, 0.2) is 0 Å². The Hall–Kier alpha value is -0.570. The number of rotatable bonds is 3. The summed E-state index contributed by atoms with van der Waals surface area (Å²) in [5.74, 6) is 0. The van der Waals surface area contributed by atoms with Crippen LogP contribution in [-0.2, 0) is 11.2 Å². The molecule has 0 N–H and O–H groups in total. The number of likely N-dealkylation sites (tertiary alicyclic amines) is 1. The second-order valence-corrected chi connectivity index (χ2v) is 4.95. The average Bonchev–Trinajstić information content (AvgIpc) is 2.67. The quantitative estimate of drug-likeness (QED) is 0.821. The van der Waals surface area contributed by atoms with Gasteiger partial charge in [-0.15, -0.1) is 12.4 Å². The summed E-state index contributed by atoms with van der Waals surface area (Å²) in [6.07, 6.45) is 4.75. The fourth-order valence-electron chi connectivity index (χ4n) is 2.81. The Kier molecular flexibility index (Phi) is 4.43. The van der Waals surface area contributed by atoms with Gasteiger partial charge in [-0.1, -0.05) is 30.3 Å². The Labute approximate surface area is 109 Å². The van der Waals surface area contributed by atoms with Crippen molar-refractivity contribution < 1.29 is 4.74 Å². The highest BCUT2D eigenvalue weighted by atomic mass is 35.5. The first-order chi connectivity index (χ1) is 7.90. The molecule has 2 aliphatic heterocycles. The third-order valence-corrected chi connectivity index (χ3v) is 3.68. The van der Waals surface area contributed by atoms with Gasteiger partial charge in [-0.05, 0) is 24.8 Å². The minimum absolute atomic E-state index is 0. The average molecular weight is 254 g/mol. The number of benzene rings is 1. The molecular weight excluding hydrogens is 234 g/mol. The molecule has 17 heavy (non-hydrogen) atoms. The van der Waals surface area contributed by atoms with E-state index in [4.69, 9.17) is 4.74 Å². The van der Waals surface area contributed by atoms with Gasteiger partial charge in [0.2, 0.25) is 0 Å². The summed E-state index contributed by atoms with van der Waals surface area (Å²) in [5.41, 5.74) is 1.45. The van der Waals surface area contributed by atoms with Gasteiger partial charge in [0.05, 0.1) is 12.2 Å². The van der Waals surface area contributed by atoms with Gasteiger partial charge in [0.25, 0.3) is 0 Å². The minimum atomic E-state index is 0. The van der Waals surface area contributed by atoms with E-state index in [1.54, 1.807) is 0 Å². The maximum atomic E-state index is 5.84. The molecule has 94 valence electrons. The molecule has 2 bridgehead atoms. The van der Waals surface area contributed by atoms with Crippen LogP contribution in [0.1, 0.15) is 18.4 Å². The van der Waals surface area contributed by atoms with E-state index in [-0.39, 0.29) is 12.4 Å². The molecule has 0 amide bonds. The van der Waals surface area contributed by atoms with Crippen molar-refractivity contribution in [3.05, 3.63) is 35.9 Å². The molecule has 2 saturated heterocycles. The van der Waals surface area contributed by atoms with E-state index in [1.807, 2.05) is 0 Å². The monoisotopic (exact) mass is 253 g/mol. The third-order valence-electron chi connectivity index (χ3n) is 3.68. The highest BCUT2D eigenvalue weighted by Crippen LogP contribution is 2.26. The molecule has 2 heterocycles. The number of ether oxygens (including phenoxy) is 1. The second-order valence-electron chi connectivity index (χ2n) is 4.95. The van der Waals surface area contributed by atoms with Crippen LogP contribution in [-0.4, -0.2) is 36.7 Å². The van der Waals surface area contributed by atoms with Crippen LogP contribution in [0.15, 0.2) is 30.3 Å². The van der Waals surface area contributed by atoms with Crippen LogP contribution in [0, 0.1) is 0 Å². The van der Waals surface area contributed by atoms with Crippen molar-refractivity contribution in [2.24, 2.45) is 0 Å². The van der Waals surface area contributed by atoms with Crippen molar-refractivity contribution in [3.8, 4) is 0 Å². The summed E-state index contributed by atoms with van der Waals surface area (Å²) in [5, 5.41) is 0. The van der Waals surface area contributed by atoms with Crippen molar-refractivity contribution in [1.29, 1.82) is 0 Å². The van der Waals surface area contributed by atoms with Crippen molar-refractivity contribution in [2.45, 2.75) is 31.5 Å². The highest BCUT2D eigenvalue weighted by molar-refractivity contribution is 5.85. The lowest BCUT2D eigenvalue weighted by atomic mass is 10.1. The maximum absolute atomic E-state index is 5.84. The Balaban J connectivity index is 0.00000108. The van der Waals surface area contributed by atoms with Crippen molar-refractivity contribution in [1.82, 2.24) is 4.90 Å². The van der Waals surface area contributed by atoms with Crippen LogP contribution in [0.4, 0.5) is 0 Å². The molecular formula is C14H20ClNO. The molecule has 2 aliphatic rings. The van der Waals surface area contributed by atoms with Gasteiger partial charge in [-0.25, -0.2) is 0 Å². The molecule has 0 radical (unpaired) electrons. The molecule has 0 aromatic heterocycles. The summed E-state index contributed by atoms with van der Waals surface area (Å²) in [7, 11) is 0. The SMILES string of the molecule is Cl.c1ccc(CCN2CC3CCC(C2)O3)cc1. The third kappa shape index (κ3) is 3.21. The van der Waals surface area contributed by atoms with Crippen LogP contribution in [0.2, 0.25) is 0 Å². The molecule has 2 fully saturated rings. The summed E-state index contributed by atoms with van der Waals surface area (Å²) >= 11 is 0. The number of halogens is 1. The highest BCUT2D eigenvalue weighted by Gasteiger charge is 2.33. The Morgan fingerprint density at radius 2 is 1.71 bits per heavy atom. The Morgan fingerprint density at radius 3 is 2.35 bits per heavy atom. The van der Waals surface area contributed by atoms with Crippen LogP contribution >= 0.6 is 12.4 Å². The number of morpholine rings is 1. The van der Waals surface area contributed by atoms with E-state index in [0.29, 0.717) is 12.2 Å². The van der Waals surface area contributed by atoms with Gasteiger partial charge in [0, 0.05) is 19.6 Å². The molecule has 3 rings (SSSR count). The van der Waals surface area contributed by atoms with Crippen LogP contribution in [0.5, 0.6) is 0 Å². The zero-order chi connectivity index (χ0) is 10.8. The van der Waals surface area contributed by atoms with E-state index in [9.17, 15) is 0 Å². The molecule has 0 aliphatic carbocycles. The van der Waals surface area contributed by atoms with Gasteiger partial charge in [-0.3, -0.25) is 4.90 Å². The van der Waals surface area contributed by atoms with E-state index in [2.05, 4.69) is 35.2 Å². The predicted molar refractivity (Wildman–Crippen MR) is 71.7 cm³/mol. The van der Waals surface area contributed by atoms with E-state index >= 15 is 0 Å². The lowest BCUT2D eigenvalue weighted by molar-refractivity contribution is -0.0377. The first-order valence-corrected chi connectivity index (χ1v) is 6.32. The normalized spacial score (nSPS) is 27.8. The lowest BCUT2D eigenvalue weighted by Gasteiger charge is -2.32. The van der Waals surface area contributed by atoms with Gasteiger partial charge >= 0.3 is 0 Å². The second kappa shape index (κ2) is 5.85. The fraction of sp³-hybridized carbons (Fsp3) is 0.571. The number of hydrogen-bond donors (Lipinski definition) is 0. The summed E-state index contributed by atoms with van der Waals surface area (Å²) < 4.78 is 5.84. The zero-order valence-corrected chi connectivity index (χ0v) is 10.9. The van der Waals surface area contributed by atoms with Crippen molar-refractivity contribution in [2.75, 3.05) is 19.6 Å².